The number of nitrogens with two attached hydrogens (primary N) is 2. The van der Waals surface area contributed by atoms with Crippen molar-refractivity contribution in [2.75, 3.05) is 0 Å². The summed E-state index contributed by atoms with van der Waals surface area (Å²) in [6.07, 6.45) is 0. The Morgan fingerprint density at radius 1 is 1.54 bits per heavy atom. The maximum absolute atomic E-state index is 10.9. The van der Waals surface area contributed by atoms with Crippen LogP contribution in [0.1, 0.15) is 22.0 Å². The molecule has 0 spiro atoms. The van der Waals surface area contributed by atoms with Crippen molar-refractivity contribution in [2.45, 2.75) is 6.04 Å². The Labute approximate surface area is 81.7 Å². The fourth-order valence-corrected chi connectivity index (χ4v) is 1.17. The number of rotatable bonds is 2. The van der Waals surface area contributed by atoms with Crippen LogP contribution in [0.4, 0.5) is 0 Å². The van der Waals surface area contributed by atoms with Crippen molar-refractivity contribution in [2.24, 2.45) is 11.5 Å². The molecule has 1 rings (SSSR count). The van der Waals surface area contributed by atoms with Crippen molar-refractivity contribution in [3.8, 4) is 0 Å². The molecule has 0 heterocycles. The van der Waals surface area contributed by atoms with E-state index in [9.17, 15) is 4.79 Å². The molecule has 1 aromatic carbocycles. The van der Waals surface area contributed by atoms with Gasteiger partial charge in [0.1, 0.15) is 0 Å². The fraction of sp³-hybridized carbons (Fsp3) is 0.111. The van der Waals surface area contributed by atoms with Gasteiger partial charge in [-0.3, -0.25) is 4.79 Å². The largest absolute Gasteiger partial charge is 0.366 e. The highest BCUT2D eigenvalue weighted by Crippen LogP contribution is 2.19. The Balaban J connectivity index is 3.19. The Hall–Kier alpha value is -1.06. The molecule has 0 bridgehead atoms. The van der Waals surface area contributed by atoms with Gasteiger partial charge < -0.3 is 11.5 Å². The highest BCUT2D eigenvalue weighted by atomic mass is 35.5. The first kappa shape index (κ1) is 10.0. The monoisotopic (exact) mass is 197 g/mol. The molecule has 0 aromatic heterocycles. The molecule has 13 heavy (non-hydrogen) atoms. The van der Waals surface area contributed by atoms with Crippen molar-refractivity contribution in [1.29, 1.82) is 0 Å². The summed E-state index contributed by atoms with van der Waals surface area (Å²) in [6, 6.07) is 4.48. The van der Waals surface area contributed by atoms with Crippen molar-refractivity contribution in [3.05, 3.63) is 41.3 Å². The van der Waals surface area contributed by atoms with Crippen LogP contribution < -0.4 is 11.5 Å². The molecule has 0 unspecified atom stereocenters. The first-order valence-corrected chi connectivity index (χ1v) is 4.08. The van der Waals surface area contributed by atoms with Gasteiger partial charge in [-0.25, -0.2) is 0 Å². The van der Waals surface area contributed by atoms with Crippen LogP contribution in [0.5, 0.6) is 0 Å². The minimum absolute atomic E-state index is 0.276. The molecule has 0 aliphatic carbocycles. The van der Waals surface area contributed by atoms with E-state index < -0.39 is 5.91 Å². The van der Waals surface area contributed by atoms with Crippen LogP contribution in [0, 0.1) is 6.92 Å². The van der Waals surface area contributed by atoms with Gasteiger partial charge in [0.15, 0.2) is 0 Å². The van der Waals surface area contributed by atoms with Gasteiger partial charge in [0, 0.05) is 6.04 Å². The fourth-order valence-electron chi connectivity index (χ4n) is 0.962. The number of hydrogen-bond donors (Lipinski definition) is 2. The molecular formula is C9H10ClN2O. The van der Waals surface area contributed by atoms with E-state index in [4.69, 9.17) is 23.1 Å². The normalized spacial score (nSPS) is 12.5. The molecule has 0 fully saturated rings. The van der Waals surface area contributed by atoms with Gasteiger partial charge in [-0.15, -0.1) is 0 Å². The Morgan fingerprint density at radius 3 is 2.62 bits per heavy atom. The third kappa shape index (κ3) is 2.20. The Bertz CT molecular complexity index is 336. The molecule has 69 valence electrons. The molecule has 1 atom stereocenters. The third-order valence-corrected chi connectivity index (χ3v) is 2.01. The minimum Gasteiger partial charge on any atom is -0.366 e. The summed E-state index contributed by atoms with van der Waals surface area (Å²) < 4.78 is 0. The van der Waals surface area contributed by atoms with Crippen LogP contribution in [-0.4, -0.2) is 5.91 Å². The van der Waals surface area contributed by atoms with E-state index in [0.717, 1.165) is 5.56 Å². The smallest absolute Gasteiger partial charge is 0.250 e. The lowest BCUT2D eigenvalue weighted by atomic mass is 10.1. The molecule has 4 N–H and O–H groups in total. The first-order valence-electron chi connectivity index (χ1n) is 3.70. The summed E-state index contributed by atoms with van der Waals surface area (Å²) in [5.41, 5.74) is 11.6. The zero-order valence-corrected chi connectivity index (χ0v) is 7.71. The Kier molecular flexibility index (Phi) is 2.90. The lowest BCUT2D eigenvalue weighted by molar-refractivity contribution is 0.100. The van der Waals surface area contributed by atoms with E-state index in [1.54, 1.807) is 18.2 Å². The molecular weight excluding hydrogens is 188 g/mol. The maximum atomic E-state index is 10.9. The van der Waals surface area contributed by atoms with Crippen molar-refractivity contribution < 1.29 is 4.79 Å². The average Bonchev–Trinajstić information content (AvgIpc) is 2.04. The van der Waals surface area contributed by atoms with Gasteiger partial charge in [-0.2, -0.15) is 0 Å². The molecule has 3 nitrogen and oxygen atoms in total. The summed E-state index contributed by atoms with van der Waals surface area (Å²) >= 11 is 5.73. The molecule has 0 aliphatic heterocycles. The lowest BCUT2D eigenvalue weighted by Gasteiger charge is -2.07. The first-order chi connectivity index (χ1) is 6.02. The lowest BCUT2D eigenvalue weighted by Crippen LogP contribution is -2.13. The number of amides is 1. The van der Waals surface area contributed by atoms with E-state index in [-0.39, 0.29) is 11.6 Å². The predicted molar refractivity (Wildman–Crippen MR) is 52.3 cm³/mol. The molecule has 1 amide bonds. The zero-order chi connectivity index (χ0) is 10.0. The Morgan fingerprint density at radius 2 is 2.15 bits per heavy atom. The summed E-state index contributed by atoms with van der Waals surface area (Å²) in [5, 5.41) is 0.330. The number of benzene rings is 1. The topological polar surface area (TPSA) is 69.1 Å². The number of carbonyl (C=O) groups is 1. The van der Waals surface area contributed by atoms with Crippen LogP contribution >= 0.6 is 11.6 Å². The highest BCUT2D eigenvalue weighted by molar-refractivity contribution is 6.33. The van der Waals surface area contributed by atoms with Gasteiger partial charge in [0.2, 0.25) is 5.91 Å². The molecule has 0 saturated heterocycles. The van der Waals surface area contributed by atoms with Gasteiger partial charge >= 0.3 is 0 Å². The molecule has 4 heteroatoms. The van der Waals surface area contributed by atoms with Crippen LogP contribution in [0.25, 0.3) is 0 Å². The van der Waals surface area contributed by atoms with E-state index in [1.807, 2.05) is 0 Å². The second-order valence-electron chi connectivity index (χ2n) is 2.71. The SMILES string of the molecule is [CH2][C@H](N)c1ccc(Cl)c(C(N)=O)c1. The summed E-state index contributed by atoms with van der Waals surface area (Å²) in [4.78, 5) is 10.9. The van der Waals surface area contributed by atoms with Crippen molar-refractivity contribution in [1.82, 2.24) is 0 Å². The molecule has 1 aromatic rings. The second-order valence-corrected chi connectivity index (χ2v) is 3.12. The van der Waals surface area contributed by atoms with E-state index in [2.05, 4.69) is 6.92 Å². The number of primary amides is 1. The van der Waals surface area contributed by atoms with Crippen LogP contribution in [0.15, 0.2) is 18.2 Å². The predicted octanol–water partition coefficient (Wildman–Crippen LogP) is 1.27. The molecule has 1 radical (unpaired) electrons. The quantitative estimate of drug-likeness (QED) is 0.750. The van der Waals surface area contributed by atoms with E-state index in [1.165, 1.54) is 0 Å². The van der Waals surface area contributed by atoms with E-state index in [0.29, 0.717) is 5.02 Å². The molecule has 0 saturated carbocycles. The molecule has 0 aliphatic rings. The van der Waals surface area contributed by atoms with E-state index >= 15 is 0 Å². The summed E-state index contributed by atoms with van der Waals surface area (Å²) in [6.45, 7) is 3.62. The number of hydrogen-bond acceptors (Lipinski definition) is 2. The summed E-state index contributed by atoms with van der Waals surface area (Å²) in [7, 11) is 0. The third-order valence-electron chi connectivity index (χ3n) is 1.68. The highest BCUT2D eigenvalue weighted by Gasteiger charge is 2.08. The number of carbonyl (C=O) groups excluding carboxylic acids is 1. The summed E-state index contributed by atoms with van der Waals surface area (Å²) in [5.74, 6) is -0.562. The van der Waals surface area contributed by atoms with Crippen LogP contribution in [0.3, 0.4) is 0 Å². The van der Waals surface area contributed by atoms with Crippen molar-refractivity contribution >= 4 is 17.5 Å². The average molecular weight is 198 g/mol. The van der Waals surface area contributed by atoms with Crippen LogP contribution in [-0.2, 0) is 0 Å². The van der Waals surface area contributed by atoms with Gasteiger partial charge in [-0.1, -0.05) is 17.7 Å². The van der Waals surface area contributed by atoms with Gasteiger partial charge in [0.25, 0.3) is 0 Å². The van der Waals surface area contributed by atoms with Crippen LogP contribution in [0.2, 0.25) is 5.02 Å². The van der Waals surface area contributed by atoms with Crippen molar-refractivity contribution in [3.63, 3.8) is 0 Å². The number of halogens is 1. The standard InChI is InChI=1S/C9H10ClN2O/c1-5(11)6-2-3-8(10)7(4-6)9(12)13/h2-5H,1,11H2,(H2,12,13)/t5-/m0/s1. The maximum Gasteiger partial charge on any atom is 0.250 e. The zero-order valence-electron chi connectivity index (χ0n) is 6.96. The minimum atomic E-state index is -0.562. The second kappa shape index (κ2) is 3.77. The van der Waals surface area contributed by atoms with Gasteiger partial charge in [-0.05, 0) is 24.6 Å². The van der Waals surface area contributed by atoms with Gasteiger partial charge in [0.05, 0.1) is 10.6 Å².